The van der Waals surface area contributed by atoms with E-state index in [1.807, 2.05) is 36.4 Å². The Bertz CT molecular complexity index is 2040. The molecule has 0 spiro atoms. The normalized spacial score (nSPS) is 27.4. The number of allylic oxidation sites excluding steroid dienone is 2. The predicted octanol–water partition coefficient (Wildman–Crippen LogP) is 3.31. The molecule has 3 fully saturated rings. The first kappa shape index (κ1) is 35.8. The number of aromatic nitrogens is 1. The molecule has 1 aromatic heterocycles. The van der Waals surface area contributed by atoms with Crippen molar-refractivity contribution in [2.45, 2.75) is 87.0 Å². The average Bonchev–Trinajstić information content (AvgIpc) is 3.99. The summed E-state index contributed by atoms with van der Waals surface area (Å²) in [4.78, 5) is 59.7. The third kappa shape index (κ3) is 6.95. The second kappa shape index (κ2) is 13.1. The molecule has 2 saturated carbocycles. The Kier molecular flexibility index (Phi) is 9.01. The number of carbonyl (C=O) groups is 4. The van der Waals surface area contributed by atoms with Crippen LogP contribution in [-0.4, -0.2) is 89.8 Å². The van der Waals surface area contributed by atoms with Gasteiger partial charge in [-0.25, -0.2) is 18.2 Å². The van der Waals surface area contributed by atoms with E-state index in [-0.39, 0.29) is 37.3 Å². The third-order valence-electron chi connectivity index (χ3n) is 9.76. The largest absolute Gasteiger partial charge is 0.483 e. The highest BCUT2D eigenvalue weighted by molar-refractivity contribution is 7.91. The minimum atomic E-state index is -3.90. The van der Waals surface area contributed by atoms with Gasteiger partial charge in [0.1, 0.15) is 35.9 Å². The van der Waals surface area contributed by atoms with E-state index in [0.29, 0.717) is 34.7 Å². The van der Waals surface area contributed by atoms with Gasteiger partial charge >= 0.3 is 6.09 Å². The lowest BCUT2D eigenvalue weighted by Crippen LogP contribution is -2.57. The number of benzene rings is 1. The van der Waals surface area contributed by atoms with Gasteiger partial charge in [0.15, 0.2) is 5.75 Å². The van der Waals surface area contributed by atoms with E-state index in [1.54, 1.807) is 26.8 Å². The summed E-state index contributed by atoms with van der Waals surface area (Å²) in [5.74, 6) is -2.01. The average molecular weight is 754 g/mol. The Hall–Kier alpha value is -4.63. The smallest absolute Gasteiger partial charge is 0.408 e. The van der Waals surface area contributed by atoms with E-state index in [2.05, 4.69) is 21.9 Å². The summed E-state index contributed by atoms with van der Waals surface area (Å²) in [5.41, 5.74) is -1.72. The van der Waals surface area contributed by atoms with E-state index in [9.17, 15) is 27.6 Å². The van der Waals surface area contributed by atoms with Gasteiger partial charge in [0, 0.05) is 28.1 Å². The van der Waals surface area contributed by atoms with Crippen molar-refractivity contribution >= 4 is 56.2 Å². The third-order valence-corrected chi connectivity index (χ3v) is 11.8. The van der Waals surface area contributed by atoms with Crippen LogP contribution in [0, 0.1) is 5.92 Å². The van der Waals surface area contributed by atoms with Crippen molar-refractivity contribution in [3.05, 3.63) is 65.9 Å². The number of sulfonamides is 1. The first-order valence-electron chi connectivity index (χ1n) is 17.2. The molecule has 52 heavy (non-hydrogen) atoms. The summed E-state index contributed by atoms with van der Waals surface area (Å²) in [7, 11) is -3.90. The van der Waals surface area contributed by atoms with Crippen molar-refractivity contribution in [2.24, 2.45) is 5.92 Å². The Morgan fingerprint density at radius 1 is 1.17 bits per heavy atom. The van der Waals surface area contributed by atoms with Gasteiger partial charge < -0.3 is 29.7 Å². The second-order valence-electron chi connectivity index (χ2n) is 14.8. The molecule has 276 valence electrons. The standard InChI is InChI=1S/C36H40ClN5O9S/c1-5-19-16-36(19,33(45)41-52(47,48)22-11-12-22)40-31(44)26-15-21(18-42(26)28(43)17-38-34(46)51-35(2,3)4)49-32-24-9-7-6-8-23(24)30-29(39-32)25-14-20(37)10-13-27(25)50-30/h5-10,13-14,19,21-22,25-27H,1,11-12,15-18H2,2-4H3,(H,38,46)(H,40,44)(H,41,45)/t19-,21-,25?,26+,27?,36-/m1/s1. The minimum Gasteiger partial charge on any atom is -0.483 e. The van der Waals surface area contributed by atoms with Crippen LogP contribution in [0.25, 0.3) is 10.8 Å². The van der Waals surface area contributed by atoms with Gasteiger partial charge in [-0.2, -0.15) is 0 Å². The Labute approximate surface area is 306 Å². The number of halogens is 1. The van der Waals surface area contributed by atoms with Crippen LogP contribution in [-0.2, 0) is 29.1 Å². The van der Waals surface area contributed by atoms with Crippen LogP contribution in [0.2, 0.25) is 0 Å². The van der Waals surface area contributed by atoms with Crippen LogP contribution in [0.15, 0.2) is 60.2 Å². The Morgan fingerprint density at radius 3 is 2.58 bits per heavy atom. The van der Waals surface area contributed by atoms with E-state index < -0.39 is 74.8 Å². The molecule has 4 amide bonds. The fourth-order valence-corrected chi connectivity index (χ4v) is 8.50. The molecule has 6 atom stereocenters. The maximum Gasteiger partial charge on any atom is 0.408 e. The predicted molar refractivity (Wildman–Crippen MR) is 190 cm³/mol. The van der Waals surface area contributed by atoms with Gasteiger partial charge in [-0.3, -0.25) is 19.1 Å². The van der Waals surface area contributed by atoms with Crippen LogP contribution in [0.4, 0.5) is 4.79 Å². The van der Waals surface area contributed by atoms with Crippen molar-refractivity contribution in [3.8, 4) is 11.6 Å². The molecule has 1 saturated heterocycles. The quantitative estimate of drug-likeness (QED) is 0.305. The maximum absolute atomic E-state index is 14.1. The molecule has 5 aliphatic rings. The van der Waals surface area contributed by atoms with E-state index in [1.165, 1.54) is 11.0 Å². The number of alkyl carbamates (subject to hydrolysis) is 1. The zero-order chi connectivity index (χ0) is 37.2. The zero-order valence-corrected chi connectivity index (χ0v) is 30.5. The highest BCUT2D eigenvalue weighted by Crippen LogP contribution is 2.48. The molecule has 0 radical (unpaired) electrons. The van der Waals surface area contributed by atoms with Gasteiger partial charge in [0.2, 0.25) is 27.7 Å². The number of ether oxygens (including phenoxy) is 3. The number of nitrogens with one attached hydrogen (secondary N) is 3. The molecule has 1 aromatic carbocycles. The van der Waals surface area contributed by atoms with Crippen LogP contribution >= 0.6 is 11.6 Å². The molecule has 2 aromatic rings. The molecule has 7 rings (SSSR count). The van der Waals surface area contributed by atoms with Crippen molar-refractivity contribution < 1.29 is 41.8 Å². The summed E-state index contributed by atoms with van der Waals surface area (Å²) < 4.78 is 45.5. The molecule has 0 bridgehead atoms. The number of hydrogen-bond donors (Lipinski definition) is 3. The Balaban J connectivity index is 1.15. The number of nitrogens with zero attached hydrogens (tertiary/aromatic N) is 2. The molecule has 3 heterocycles. The zero-order valence-electron chi connectivity index (χ0n) is 28.9. The number of hydrogen-bond acceptors (Lipinski definition) is 10. The van der Waals surface area contributed by atoms with Crippen molar-refractivity contribution in [3.63, 3.8) is 0 Å². The number of rotatable bonds is 10. The highest BCUT2D eigenvalue weighted by atomic mass is 35.5. The molecule has 2 aliphatic heterocycles. The van der Waals surface area contributed by atoms with Gasteiger partial charge in [-0.05, 0) is 58.3 Å². The van der Waals surface area contributed by atoms with Gasteiger partial charge in [-0.1, -0.05) is 42.0 Å². The van der Waals surface area contributed by atoms with Crippen molar-refractivity contribution in [1.82, 2.24) is 25.2 Å². The first-order valence-corrected chi connectivity index (χ1v) is 19.1. The summed E-state index contributed by atoms with van der Waals surface area (Å²) in [6.45, 7) is 8.27. The number of pyridine rings is 1. The summed E-state index contributed by atoms with van der Waals surface area (Å²) in [5, 5.41) is 6.54. The van der Waals surface area contributed by atoms with Crippen molar-refractivity contribution in [2.75, 3.05) is 13.1 Å². The lowest BCUT2D eigenvalue weighted by molar-refractivity contribution is -0.139. The minimum absolute atomic E-state index is 0.00491. The summed E-state index contributed by atoms with van der Waals surface area (Å²) >= 11 is 6.34. The van der Waals surface area contributed by atoms with Crippen LogP contribution in [0.3, 0.4) is 0 Å². The van der Waals surface area contributed by atoms with Crippen LogP contribution < -0.4 is 24.8 Å². The topological polar surface area (TPSA) is 182 Å². The fourth-order valence-electron chi connectivity index (χ4n) is 6.92. The fraction of sp³-hybridized carbons (Fsp3) is 0.472. The van der Waals surface area contributed by atoms with Crippen LogP contribution in [0.1, 0.15) is 58.1 Å². The number of amides is 4. The molecular formula is C36H40ClN5O9S. The Morgan fingerprint density at radius 2 is 1.90 bits per heavy atom. The lowest BCUT2D eigenvalue weighted by atomic mass is 9.95. The van der Waals surface area contributed by atoms with Crippen molar-refractivity contribution in [1.29, 1.82) is 0 Å². The maximum atomic E-state index is 14.1. The molecule has 3 N–H and O–H groups in total. The highest BCUT2D eigenvalue weighted by Gasteiger charge is 2.62. The summed E-state index contributed by atoms with van der Waals surface area (Å²) in [6, 6.07) is 6.31. The number of carbonyl (C=O) groups excluding carboxylic acids is 4. The van der Waals surface area contributed by atoms with Crippen LogP contribution in [0.5, 0.6) is 11.6 Å². The monoisotopic (exact) mass is 753 g/mol. The molecule has 16 heteroatoms. The first-order chi connectivity index (χ1) is 24.6. The molecule has 2 unspecified atom stereocenters. The number of fused-ring (bicyclic) bond motifs is 5. The molecule has 14 nitrogen and oxygen atoms in total. The van der Waals surface area contributed by atoms with Gasteiger partial charge in [0.25, 0.3) is 5.91 Å². The molecule has 3 aliphatic carbocycles. The van der Waals surface area contributed by atoms with E-state index >= 15 is 0 Å². The van der Waals surface area contributed by atoms with E-state index in [0.717, 1.165) is 5.39 Å². The molecular weight excluding hydrogens is 714 g/mol. The van der Waals surface area contributed by atoms with Gasteiger partial charge in [-0.15, -0.1) is 6.58 Å². The SMILES string of the molecule is C=C[C@@H]1C[C@]1(NC(=O)[C@@H]1C[C@@H](Oc2nc3c(c4ccccc24)OC2C=CC(Cl)=CC32)CN1C(=O)CNC(=O)OC(C)(C)C)C(=O)NS(=O)(=O)C1CC1. The number of likely N-dealkylation sites (tertiary alicyclic amines) is 1. The second-order valence-corrected chi connectivity index (χ2v) is 17.2. The summed E-state index contributed by atoms with van der Waals surface area (Å²) in [6.07, 6.45) is 6.22. The van der Waals surface area contributed by atoms with Gasteiger partial charge in [0.05, 0.1) is 23.4 Å². The van der Waals surface area contributed by atoms with E-state index in [4.69, 9.17) is 30.8 Å². The lowest BCUT2D eigenvalue weighted by Gasteiger charge is -2.27.